The van der Waals surface area contributed by atoms with Crippen molar-refractivity contribution in [2.45, 2.75) is 19.3 Å². The van der Waals surface area contributed by atoms with E-state index in [9.17, 15) is 9.90 Å². The molecule has 0 fully saturated rings. The summed E-state index contributed by atoms with van der Waals surface area (Å²) < 4.78 is 0. The second-order valence-electron chi connectivity index (χ2n) is 4.05. The molecule has 0 aliphatic heterocycles. The maximum absolute atomic E-state index is 11.8. The van der Waals surface area contributed by atoms with Crippen LogP contribution in [0.2, 0.25) is 0 Å². The zero-order chi connectivity index (χ0) is 12.7. The van der Waals surface area contributed by atoms with Gasteiger partial charge in [0.2, 0.25) is 5.91 Å². The molecule has 3 heteroatoms. The van der Waals surface area contributed by atoms with Crippen molar-refractivity contribution in [1.82, 2.24) is 4.90 Å². The van der Waals surface area contributed by atoms with E-state index in [0.29, 0.717) is 5.56 Å². The molecule has 17 heavy (non-hydrogen) atoms. The first-order chi connectivity index (χ1) is 8.15. The van der Waals surface area contributed by atoms with Gasteiger partial charge >= 0.3 is 0 Å². The van der Waals surface area contributed by atoms with Crippen LogP contribution in [0.1, 0.15) is 18.4 Å². The minimum atomic E-state index is 0.0237. The average molecular weight is 233 g/mol. The summed E-state index contributed by atoms with van der Waals surface area (Å²) in [6, 6.07) is 6.93. The number of carbonyl (C=O) groups excluding carboxylic acids is 1. The number of phenols is 1. The second-order valence-corrected chi connectivity index (χ2v) is 4.05. The molecule has 92 valence electrons. The fraction of sp³-hybridized carbons (Fsp3) is 0.357. The Labute approximate surface area is 102 Å². The van der Waals surface area contributed by atoms with Crippen LogP contribution in [0, 0.1) is 0 Å². The molecule has 1 N–H and O–H groups in total. The number of likely N-dealkylation sites (N-methyl/N-ethyl adjacent to an activating group) is 1. The molecular weight excluding hydrogens is 214 g/mol. The Morgan fingerprint density at radius 1 is 1.47 bits per heavy atom. The highest BCUT2D eigenvalue weighted by molar-refractivity contribution is 5.79. The summed E-state index contributed by atoms with van der Waals surface area (Å²) in [5, 5.41) is 9.57. The summed E-state index contributed by atoms with van der Waals surface area (Å²) in [4.78, 5) is 13.5. The third-order valence-electron chi connectivity index (χ3n) is 2.66. The van der Waals surface area contributed by atoms with Crippen LogP contribution in [0.3, 0.4) is 0 Å². The van der Waals surface area contributed by atoms with Gasteiger partial charge in [-0.2, -0.15) is 0 Å². The largest absolute Gasteiger partial charge is 0.508 e. The van der Waals surface area contributed by atoms with Crippen molar-refractivity contribution in [3.05, 3.63) is 42.5 Å². The van der Waals surface area contributed by atoms with Crippen molar-refractivity contribution in [2.24, 2.45) is 0 Å². The zero-order valence-corrected chi connectivity index (χ0v) is 10.2. The van der Waals surface area contributed by atoms with E-state index in [1.54, 1.807) is 30.1 Å². The number of rotatable bonds is 6. The number of para-hydroxylation sites is 1. The lowest BCUT2D eigenvalue weighted by Crippen LogP contribution is -2.29. The lowest BCUT2D eigenvalue weighted by atomic mass is 10.1. The number of aromatic hydroxyl groups is 1. The van der Waals surface area contributed by atoms with Crippen LogP contribution >= 0.6 is 0 Å². The molecule has 0 atom stereocenters. The molecule has 0 radical (unpaired) electrons. The van der Waals surface area contributed by atoms with Crippen LogP contribution in [0.5, 0.6) is 5.75 Å². The molecule has 1 rings (SSSR count). The summed E-state index contributed by atoms with van der Waals surface area (Å²) in [6.07, 6.45) is 3.93. The van der Waals surface area contributed by atoms with E-state index in [-0.39, 0.29) is 18.1 Å². The van der Waals surface area contributed by atoms with Gasteiger partial charge in [-0.15, -0.1) is 6.58 Å². The fourth-order valence-corrected chi connectivity index (χ4v) is 1.56. The van der Waals surface area contributed by atoms with Crippen LogP contribution in [-0.2, 0) is 11.2 Å². The van der Waals surface area contributed by atoms with Gasteiger partial charge in [-0.05, 0) is 18.9 Å². The zero-order valence-electron chi connectivity index (χ0n) is 10.2. The summed E-state index contributed by atoms with van der Waals surface area (Å²) in [5.74, 6) is 0.205. The van der Waals surface area contributed by atoms with Gasteiger partial charge in [-0.3, -0.25) is 4.79 Å². The van der Waals surface area contributed by atoms with Gasteiger partial charge in [0.25, 0.3) is 0 Å². The Morgan fingerprint density at radius 2 is 2.18 bits per heavy atom. The standard InChI is InChI=1S/C14H19NO2/c1-3-4-7-10-15(2)14(17)11-12-8-5-6-9-13(12)16/h3,5-6,8-9,16H,1,4,7,10-11H2,2H3. The summed E-state index contributed by atoms with van der Waals surface area (Å²) in [6.45, 7) is 4.37. The Kier molecular flexibility index (Phi) is 5.27. The molecule has 3 nitrogen and oxygen atoms in total. The lowest BCUT2D eigenvalue weighted by molar-refractivity contribution is -0.129. The number of amides is 1. The molecule has 1 amide bonds. The van der Waals surface area contributed by atoms with E-state index < -0.39 is 0 Å². The van der Waals surface area contributed by atoms with Gasteiger partial charge in [0, 0.05) is 19.2 Å². The molecule has 1 aromatic rings. The van der Waals surface area contributed by atoms with Gasteiger partial charge in [0.05, 0.1) is 6.42 Å². The molecule has 1 aromatic carbocycles. The van der Waals surface area contributed by atoms with Gasteiger partial charge in [-0.25, -0.2) is 0 Å². The smallest absolute Gasteiger partial charge is 0.226 e. The van der Waals surface area contributed by atoms with E-state index in [2.05, 4.69) is 6.58 Å². The lowest BCUT2D eigenvalue weighted by Gasteiger charge is -2.17. The van der Waals surface area contributed by atoms with E-state index in [1.807, 2.05) is 12.1 Å². The Hall–Kier alpha value is -1.77. The Balaban J connectivity index is 2.48. The highest BCUT2D eigenvalue weighted by atomic mass is 16.3. The first-order valence-electron chi connectivity index (χ1n) is 5.77. The highest BCUT2D eigenvalue weighted by Crippen LogP contribution is 2.16. The van der Waals surface area contributed by atoms with Crippen molar-refractivity contribution in [3.63, 3.8) is 0 Å². The van der Waals surface area contributed by atoms with Crippen molar-refractivity contribution in [2.75, 3.05) is 13.6 Å². The van der Waals surface area contributed by atoms with Crippen LogP contribution in [0.15, 0.2) is 36.9 Å². The van der Waals surface area contributed by atoms with E-state index >= 15 is 0 Å². The number of phenolic OH excluding ortho intramolecular Hbond substituents is 1. The predicted octanol–water partition coefficient (Wildman–Crippen LogP) is 2.36. The molecule has 0 bridgehead atoms. The number of carbonyl (C=O) groups is 1. The van der Waals surface area contributed by atoms with E-state index in [0.717, 1.165) is 19.4 Å². The van der Waals surface area contributed by atoms with Crippen LogP contribution in [-0.4, -0.2) is 29.5 Å². The van der Waals surface area contributed by atoms with Crippen LogP contribution < -0.4 is 0 Å². The Morgan fingerprint density at radius 3 is 2.82 bits per heavy atom. The number of nitrogens with zero attached hydrogens (tertiary/aromatic N) is 1. The maximum atomic E-state index is 11.8. The summed E-state index contributed by atoms with van der Waals surface area (Å²) >= 11 is 0. The third kappa shape index (κ3) is 4.31. The van der Waals surface area contributed by atoms with Crippen molar-refractivity contribution in [3.8, 4) is 5.75 Å². The van der Waals surface area contributed by atoms with E-state index in [4.69, 9.17) is 0 Å². The quantitative estimate of drug-likeness (QED) is 0.605. The molecule has 0 unspecified atom stereocenters. The van der Waals surface area contributed by atoms with Gasteiger partial charge in [-0.1, -0.05) is 24.3 Å². The summed E-state index contributed by atoms with van der Waals surface area (Å²) in [5.41, 5.74) is 0.674. The highest BCUT2D eigenvalue weighted by Gasteiger charge is 2.11. The molecule has 0 aromatic heterocycles. The number of allylic oxidation sites excluding steroid dienone is 1. The SMILES string of the molecule is C=CCCCN(C)C(=O)Cc1ccccc1O. The number of benzene rings is 1. The number of hydrogen-bond acceptors (Lipinski definition) is 2. The van der Waals surface area contributed by atoms with Crippen LogP contribution in [0.4, 0.5) is 0 Å². The molecule has 0 saturated heterocycles. The topological polar surface area (TPSA) is 40.5 Å². The second kappa shape index (κ2) is 6.74. The van der Waals surface area contributed by atoms with Gasteiger partial charge < -0.3 is 10.0 Å². The monoisotopic (exact) mass is 233 g/mol. The summed E-state index contributed by atoms with van der Waals surface area (Å²) in [7, 11) is 1.78. The van der Waals surface area contributed by atoms with Crippen molar-refractivity contribution < 1.29 is 9.90 Å². The molecule has 0 heterocycles. The normalized spacial score (nSPS) is 9.94. The van der Waals surface area contributed by atoms with E-state index in [1.165, 1.54) is 0 Å². The molecule has 0 aliphatic carbocycles. The minimum Gasteiger partial charge on any atom is -0.508 e. The van der Waals surface area contributed by atoms with Gasteiger partial charge in [0.1, 0.15) is 5.75 Å². The minimum absolute atomic E-state index is 0.0237. The maximum Gasteiger partial charge on any atom is 0.226 e. The third-order valence-corrected chi connectivity index (χ3v) is 2.66. The predicted molar refractivity (Wildman–Crippen MR) is 68.9 cm³/mol. The fourth-order valence-electron chi connectivity index (χ4n) is 1.56. The number of unbranched alkanes of at least 4 members (excludes halogenated alkanes) is 1. The first kappa shape index (κ1) is 13.3. The molecular formula is C14H19NO2. The molecule has 0 saturated carbocycles. The first-order valence-corrected chi connectivity index (χ1v) is 5.77. The van der Waals surface area contributed by atoms with Crippen LogP contribution in [0.25, 0.3) is 0 Å². The average Bonchev–Trinajstić information content (AvgIpc) is 2.32. The molecule has 0 aliphatic rings. The molecule has 0 spiro atoms. The number of hydrogen-bond donors (Lipinski definition) is 1. The van der Waals surface area contributed by atoms with Crippen molar-refractivity contribution in [1.29, 1.82) is 0 Å². The Bertz CT molecular complexity index is 388. The van der Waals surface area contributed by atoms with Gasteiger partial charge in [0.15, 0.2) is 0 Å². The van der Waals surface area contributed by atoms with Crippen molar-refractivity contribution >= 4 is 5.91 Å².